The van der Waals surface area contributed by atoms with Gasteiger partial charge in [-0.05, 0) is 24.1 Å². The minimum Gasteiger partial charge on any atom is -0.461 e. The van der Waals surface area contributed by atoms with Crippen LogP contribution in [0.4, 0.5) is 5.69 Å². The monoisotopic (exact) mass is 1090 g/mol. The summed E-state index contributed by atoms with van der Waals surface area (Å²) in [6.07, 6.45) is -5.77. The second-order valence-electron chi connectivity index (χ2n) is 17.3. The second kappa shape index (κ2) is 34.3. The largest absolute Gasteiger partial charge is 0.461 e. The minimum atomic E-state index is -4.66. The first kappa shape index (κ1) is 63.9. The van der Waals surface area contributed by atoms with Gasteiger partial charge in [-0.3, -0.25) is 47.8 Å². The zero-order chi connectivity index (χ0) is 55.3. The van der Waals surface area contributed by atoms with E-state index in [1.807, 2.05) is 0 Å². The molecule has 0 aromatic heterocycles. The van der Waals surface area contributed by atoms with Gasteiger partial charge in [0.15, 0.2) is 0 Å². The fourth-order valence-electron chi connectivity index (χ4n) is 6.80. The van der Waals surface area contributed by atoms with Crippen molar-refractivity contribution in [3.63, 3.8) is 0 Å². The Balaban J connectivity index is 1.26. The van der Waals surface area contributed by atoms with Gasteiger partial charge in [0.25, 0.3) is 21.9 Å². The van der Waals surface area contributed by atoms with Crippen LogP contribution in [0, 0.1) is 11.8 Å². The molecule has 3 rings (SSSR count). The molecule has 2 aliphatic rings. The fraction of sp³-hybridized carbons (Fsp3) is 0.660. The van der Waals surface area contributed by atoms with Gasteiger partial charge in [-0.1, -0.05) is 19.9 Å². The van der Waals surface area contributed by atoms with Gasteiger partial charge < -0.3 is 74.3 Å². The van der Waals surface area contributed by atoms with Gasteiger partial charge in [-0.25, -0.2) is 0 Å². The molecule has 0 radical (unpaired) electrons. The maximum atomic E-state index is 13.0. The molecular formula is C47H70N4O23S. The Morgan fingerprint density at radius 3 is 2.00 bits per heavy atom. The van der Waals surface area contributed by atoms with Gasteiger partial charge in [-0.2, -0.15) is 8.42 Å². The van der Waals surface area contributed by atoms with Crippen molar-refractivity contribution >= 4 is 62.9 Å². The van der Waals surface area contributed by atoms with Crippen molar-refractivity contribution in [3.05, 3.63) is 35.9 Å². The van der Waals surface area contributed by atoms with E-state index in [1.165, 1.54) is 30.4 Å². The second-order valence-corrected chi connectivity index (χ2v) is 18.8. The Morgan fingerprint density at radius 2 is 1.37 bits per heavy atom. The molecule has 1 saturated heterocycles. The summed E-state index contributed by atoms with van der Waals surface area (Å²) in [6.45, 7) is 3.10. The molecule has 27 nitrogen and oxygen atoms in total. The molecule has 1 aromatic carbocycles. The molecule has 2 aliphatic heterocycles. The van der Waals surface area contributed by atoms with Crippen LogP contribution >= 0.6 is 0 Å². The van der Waals surface area contributed by atoms with Gasteiger partial charge >= 0.3 is 5.97 Å². The van der Waals surface area contributed by atoms with E-state index < -0.39 is 119 Å². The first-order valence-corrected chi connectivity index (χ1v) is 25.8. The lowest BCUT2D eigenvalue weighted by molar-refractivity contribution is -0.277. The van der Waals surface area contributed by atoms with Gasteiger partial charge in [0.2, 0.25) is 24.0 Å². The molecule has 0 spiro atoms. The summed E-state index contributed by atoms with van der Waals surface area (Å²) in [7, 11) is -4.66. The number of aliphatic hydroxyl groups is 4. The lowest BCUT2D eigenvalue weighted by Gasteiger charge is -2.39. The number of ether oxygens (including phenoxy) is 8. The van der Waals surface area contributed by atoms with E-state index in [4.69, 9.17) is 37.9 Å². The fourth-order valence-corrected chi connectivity index (χ4v) is 7.58. The molecule has 0 unspecified atom stereocenters. The zero-order valence-corrected chi connectivity index (χ0v) is 42.7. The molecule has 8 N–H and O–H groups in total. The highest BCUT2D eigenvalue weighted by Crippen LogP contribution is 2.31. The van der Waals surface area contributed by atoms with E-state index >= 15 is 0 Å². The summed E-state index contributed by atoms with van der Waals surface area (Å²) in [5.74, 6) is -6.97. The third kappa shape index (κ3) is 25.4. The van der Waals surface area contributed by atoms with E-state index in [0.29, 0.717) is 31.8 Å². The van der Waals surface area contributed by atoms with Crippen LogP contribution in [0.2, 0.25) is 0 Å². The number of anilines is 1. The predicted molar refractivity (Wildman–Crippen MR) is 258 cm³/mol. The summed E-state index contributed by atoms with van der Waals surface area (Å²) >= 11 is 0. The van der Waals surface area contributed by atoms with E-state index in [2.05, 4.69) is 16.0 Å². The van der Waals surface area contributed by atoms with Crippen molar-refractivity contribution in [2.45, 2.75) is 89.7 Å². The van der Waals surface area contributed by atoms with Crippen LogP contribution in [0.3, 0.4) is 0 Å². The Bertz CT molecular complexity index is 2160. The first-order valence-electron chi connectivity index (χ1n) is 24.2. The number of aliphatic hydroxyl groups excluding tert-OH is 4. The standard InChI is InChI=1S/C47H70N4O23S/c1-30(2)46(63)72-27-31-5-6-36(73-47-44(61)43(60)42(59)37(26-52)74-47)35(24-31)50-38(55)9-12-48-39(56)28-71-17-13-49-45(62)32(29-75(64,65)66)25-34(54)11-16-68-19-21-70-23-22-69-20-18-67-15-3-4-33(53)10-14-51-40(57)7-8-41(51)58/h5-8,24,30,32,37,42-44,47,52,59-61H,3-4,9-23,25-29H2,1-2H3,(H,48,56)(H,49,62)(H,50,55)(H,64,65,66)/t32-,37-,42+,43+,44-,47-/m1/s1. The molecule has 0 bridgehead atoms. The highest BCUT2D eigenvalue weighted by Gasteiger charge is 2.45. The first-order chi connectivity index (χ1) is 35.7. The number of carbonyl (C=O) groups is 8. The average Bonchev–Trinajstić information content (AvgIpc) is 3.68. The number of hydrogen-bond donors (Lipinski definition) is 8. The molecule has 2 heterocycles. The van der Waals surface area contributed by atoms with Crippen LogP contribution in [0.5, 0.6) is 5.75 Å². The summed E-state index contributed by atoms with van der Waals surface area (Å²) in [5.41, 5.74) is 0.452. The van der Waals surface area contributed by atoms with Crippen molar-refractivity contribution in [1.29, 1.82) is 0 Å². The maximum Gasteiger partial charge on any atom is 0.308 e. The normalized spacial score (nSPS) is 19.0. The van der Waals surface area contributed by atoms with Crippen LogP contribution in [0.15, 0.2) is 30.4 Å². The van der Waals surface area contributed by atoms with Crippen molar-refractivity contribution in [1.82, 2.24) is 15.5 Å². The van der Waals surface area contributed by atoms with Crippen molar-refractivity contribution < 1.29 is 110 Å². The zero-order valence-electron chi connectivity index (χ0n) is 41.9. The number of nitrogens with one attached hydrogen (secondary N) is 3. The Labute approximate surface area is 433 Å². The van der Waals surface area contributed by atoms with Gasteiger partial charge in [0.1, 0.15) is 54.9 Å². The molecule has 75 heavy (non-hydrogen) atoms. The van der Waals surface area contributed by atoms with Crippen LogP contribution in [0.1, 0.15) is 57.9 Å². The van der Waals surface area contributed by atoms with Crippen molar-refractivity contribution in [3.8, 4) is 5.75 Å². The minimum absolute atomic E-state index is 0.0227. The van der Waals surface area contributed by atoms with Gasteiger partial charge in [0, 0.05) is 70.5 Å². The van der Waals surface area contributed by atoms with Crippen molar-refractivity contribution in [2.75, 3.05) is 103 Å². The number of imide groups is 1. The van der Waals surface area contributed by atoms with Crippen molar-refractivity contribution in [2.24, 2.45) is 11.8 Å². The molecule has 6 atom stereocenters. The molecule has 0 aliphatic carbocycles. The number of esters is 1. The SMILES string of the molecule is CC(C)C(=O)OCc1ccc(O[C@@H]2O[C@H](CO)[C@H](O)[C@H](O)[C@H]2O)c(NC(=O)CCNC(=O)COCCNC(=O)[C@H](CC(=O)CCOCCOCCOCCOCCCC(=O)CCN2C(=O)C=CC2=O)CS(=O)(=O)O)c1. The van der Waals surface area contributed by atoms with Crippen LogP contribution in [-0.2, 0) is 88.2 Å². The van der Waals surface area contributed by atoms with Crippen LogP contribution < -0.4 is 20.7 Å². The summed E-state index contributed by atoms with van der Waals surface area (Å²) < 4.78 is 76.0. The lowest BCUT2D eigenvalue weighted by Crippen LogP contribution is -2.60. The molecule has 1 fully saturated rings. The van der Waals surface area contributed by atoms with E-state index in [0.717, 1.165) is 4.90 Å². The number of carbonyl (C=O) groups excluding carboxylic acids is 8. The Hall–Kier alpha value is -5.37. The number of rotatable bonds is 39. The topological polar surface area (TPSA) is 385 Å². The van der Waals surface area contributed by atoms with Gasteiger partial charge in [-0.15, -0.1) is 0 Å². The average molecular weight is 1090 g/mol. The molecular weight excluding hydrogens is 1020 g/mol. The summed E-state index contributed by atoms with van der Waals surface area (Å²) in [5, 5.41) is 47.8. The Morgan fingerprint density at radius 1 is 0.733 bits per heavy atom. The van der Waals surface area contributed by atoms with Gasteiger partial charge in [0.05, 0.1) is 82.7 Å². The molecule has 422 valence electrons. The predicted octanol–water partition coefficient (Wildman–Crippen LogP) is -2.27. The quantitative estimate of drug-likeness (QED) is 0.0149. The third-order valence-electron chi connectivity index (χ3n) is 10.9. The molecule has 0 saturated carbocycles. The summed E-state index contributed by atoms with van der Waals surface area (Å²) in [4.78, 5) is 98.9. The Kier molecular flexibility index (Phi) is 29.3. The van der Waals surface area contributed by atoms with Crippen LogP contribution in [0.25, 0.3) is 0 Å². The molecule has 5 amide bonds. The summed E-state index contributed by atoms with van der Waals surface area (Å²) in [6, 6.07) is 4.30. The molecule has 1 aromatic rings. The van der Waals surface area contributed by atoms with Crippen LogP contribution in [-0.4, -0.2) is 214 Å². The number of Topliss-reactive ketones (excluding diaryl/α,β-unsaturated/α-hetero) is 2. The number of ketones is 2. The lowest BCUT2D eigenvalue weighted by atomic mass is 9.99. The molecule has 28 heteroatoms. The third-order valence-corrected chi connectivity index (χ3v) is 11.7. The number of benzene rings is 1. The highest BCUT2D eigenvalue weighted by atomic mass is 32.2. The smallest absolute Gasteiger partial charge is 0.308 e. The van der Waals surface area contributed by atoms with E-state index in [-0.39, 0.29) is 109 Å². The van der Waals surface area contributed by atoms with E-state index in [9.17, 15) is 71.8 Å². The number of hydrogen-bond acceptors (Lipinski definition) is 22. The highest BCUT2D eigenvalue weighted by molar-refractivity contribution is 7.85. The maximum absolute atomic E-state index is 13.0. The number of amides is 5. The van der Waals surface area contributed by atoms with E-state index in [1.54, 1.807) is 13.8 Å². The number of nitrogens with zero attached hydrogens (tertiary/aromatic N) is 1.